The van der Waals surface area contributed by atoms with Crippen molar-refractivity contribution in [2.24, 2.45) is 0 Å². The predicted octanol–water partition coefficient (Wildman–Crippen LogP) is 0.374. The molecule has 0 amide bonds. The summed E-state index contributed by atoms with van der Waals surface area (Å²) < 4.78 is 15.6. The fourth-order valence-electron chi connectivity index (χ4n) is 1.33. The Morgan fingerprint density at radius 2 is 2.15 bits per heavy atom. The van der Waals surface area contributed by atoms with Crippen LogP contribution in [0.15, 0.2) is 0 Å². The van der Waals surface area contributed by atoms with Crippen molar-refractivity contribution in [1.29, 1.82) is 0 Å². The molecule has 13 heavy (non-hydrogen) atoms. The lowest BCUT2D eigenvalue weighted by atomic mass is 10.3. The van der Waals surface area contributed by atoms with Gasteiger partial charge in [0, 0.05) is 26.1 Å². The largest absolute Gasteiger partial charge is 0.383 e. The highest BCUT2D eigenvalue weighted by atomic mass is 16.7. The third-order valence-corrected chi connectivity index (χ3v) is 1.98. The van der Waals surface area contributed by atoms with Crippen LogP contribution in [0.25, 0.3) is 0 Å². The molecule has 1 rings (SSSR count). The minimum Gasteiger partial charge on any atom is -0.383 e. The zero-order chi connectivity index (χ0) is 9.52. The first kappa shape index (κ1) is 10.9. The first-order valence-corrected chi connectivity index (χ1v) is 4.78. The highest BCUT2D eigenvalue weighted by molar-refractivity contribution is 4.61. The van der Waals surface area contributed by atoms with Gasteiger partial charge in [-0.25, -0.2) is 0 Å². The van der Waals surface area contributed by atoms with E-state index in [0.29, 0.717) is 6.04 Å². The molecule has 0 saturated carbocycles. The summed E-state index contributed by atoms with van der Waals surface area (Å²) in [5.74, 6) is 0. The second kappa shape index (κ2) is 6.32. The Bertz CT molecular complexity index is 126. The second-order valence-corrected chi connectivity index (χ2v) is 3.27. The molecule has 1 unspecified atom stereocenters. The maximum Gasteiger partial charge on any atom is 0.159 e. The first-order chi connectivity index (χ1) is 6.33. The van der Waals surface area contributed by atoms with E-state index < -0.39 is 0 Å². The Balaban J connectivity index is 1.93. The van der Waals surface area contributed by atoms with E-state index in [-0.39, 0.29) is 6.29 Å². The number of methoxy groups -OCH3 is 1. The number of ether oxygens (including phenoxy) is 3. The van der Waals surface area contributed by atoms with Crippen LogP contribution >= 0.6 is 0 Å². The smallest absolute Gasteiger partial charge is 0.159 e. The maximum absolute atomic E-state index is 5.30. The normalized spacial score (nSPS) is 20.8. The zero-order valence-electron chi connectivity index (χ0n) is 8.41. The van der Waals surface area contributed by atoms with Crippen molar-refractivity contribution in [1.82, 2.24) is 5.32 Å². The van der Waals surface area contributed by atoms with Gasteiger partial charge in [-0.3, -0.25) is 0 Å². The zero-order valence-corrected chi connectivity index (χ0v) is 8.41. The van der Waals surface area contributed by atoms with E-state index in [1.165, 1.54) is 0 Å². The van der Waals surface area contributed by atoms with Gasteiger partial charge in [0.25, 0.3) is 0 Å². The van der Waals surface area contributed by atoms with Crippen LogP contribution in [0.5, 0.6) is 0 Å². The monoisotopic (exact) mass is 189 g/mol. The fourth-order valence-corrected chi connectivity index (χ4v) is 1.33. The molecular weight excluding hydrogens is 170 g/mol. The Morgan fingerprint density at radius 1 is 1.46 bits per heavy atom. The molecule has 78 valence electrons. The topological polar surface area (TPSA) is 39.7 Å². The molecule has 1 saturated heterocycles. The molecule has 0 spiro atoms. The molecule has 1 heterocycles. The summed E-state index contributed by atoms with van der Waals surface area (Å²) in [4.78, 5) is 0. The van der Waals surface area contributed by atoms with Crippen LogP contribution < -0.4 is 5.32 Å². The summed E-state index contributed by atoms with van der Waals surface area (Å²) in [6.07, 6.45) is 0.913. The molecule has 1 aliphatic heterocycles. The van der Waals surface area contributed by atoms with Crippen LogP contribution in [-0.2, 0) is 14.2 Å². The van der Waals surface area contributed by atoms with Gasteiger partial charge in [0.2, 0.25) is 0 Å². The lowest BCUT2D eigenvalue weighted by Gasteiger charge is -2.14. The number of rotatable bonds is 6. The van der Waals surface area contributed by atoms with E-state index >= 15 is 0 Å². The molecule has 0 aliphatic carbocycles. The third-order valence-electron chi connectivity index (χ3n) is 1.98. The van der Waals surface area contributed by atoms with E-state index in [4.69, 9.17) is 14.2 Å². The molecule has 4 nitrogen and oxygen atoms in total. The lowest BCUT2D eigenvalue weighted by molar-refractivity contribution is -0.0464. The van der Waals surface area contributed by atoms with Gasteiger partial charge >= 0.3 is 0 Å². The Hall–Kier alpha value is -0.160. The van der Waals surface area contributed by atoms with Crippen molar-refractivity contribution in [3.05, 3.63) is 0 Å². The van der Waals surface area contributed by atoms with Crippen molar-refractivity contribution in [2.75, 3.05) is 33.5 Å². The van der Waals surface area contributed by atoms with Crippen LogP contribution in [0.1, 0.15) is 13.3 Å². The highest BCUT2D eigenvalue weighted by Gasteiger charge is 2.15. The minimum atomic E-state index is 0.00208. The summed E-state index contributed by atoms with van der Waals surface area (Å²) in [7, 11) is 1.71. The van der Waals surface area contributed by atoms with Crippen molar-refractivity contribution in [3.8, 4) is 0 Å². The first-order valence-electron chi connectivity index (χ1n) is 4.78. The van der Waals surface area contributed by atoms with Gasteiger partial charge < -0.3 is 19.5 Å². The molecule has 1 N–H and O–H groups in total. The molecule has 0 radical (unpaired) electrons. The average Bonchev–Trinajstić information content (AvgIpc) is 2.57. The molecule has 1 aliphatic rings. The lowest BCUT2D eigenvalue weighted by Crippen LogP contribution is -2.32. The number of hydrogen-bond acceptors (Lipinski definition) is 4. The van der Waals surface area contributed by atoms with E-state index in [0.717, 1.165) is 32.8 Å². The highest BCUT2D eigenvalue weighted by Crippen LogP contribution is 2.06. The molecule has 0 aromatic rings. The standard InChI is InChI=1S/C9H19NO3/c1-8(7-11-2)10-4-3-9-12-5-6-13-9/h8-10H,3-7H2,1-2H3. The summed E-state index contributed by atoms with van der Waals surface area (Å²) in [6, 6.07) is 0.395. The predicted molar refractivity (Wildman–Crippen MR) is 49.6 cm³/mol. The molecule has 4 heteroatoms. The van der Waals surface area contributed by atoms with E-state index in [1.54, 1.807) is 7.11 Å². The van der Waals surface area contributed by atoms with Crippen LogP contribution in [0.2, 0.25) is 0 Å². The average molecular weight is 189 g/mol. The Kier molecular flexibility index (Phi) is 5.31. The van der Waals surface area contributed by atoms with E-state index in [2.05, 4.69) is 12.2 Å². The van der Waals surface area contributed by atoms with Crippen LogP contribution in [0.4, 0.5) is 0 Å². The van der Waals surface area contributed by atoms with Crippen LogP contribution in [-0.4, -0.2) is 45.8 Å². The van der Waals surface area contributed by atoms with Crippen LogP contribution in [0, 0.1) is 0 Å². The Morgan fingerprint density at radius 3 is 2.77 bits per heavy atom. The maximum atomic E-state index is 5.30. The molecule has 0 aromatic carbocycles. The number of hydrogen-bond donors (Lipinski definition) is 1. The van der Waals surface area contributed by atoms with E-state index in [9.17, 15) is 0 Å². The molecule has 0 bridgehead atoms. The molecular formula is C9H19NO3. The van der Waals surface area contributed by atoms with Gasteiger partial charge in [0.05, 0.1) is 19.8 Å². The SMILES string of the molecule is COCC(C)NCCC1OCCO1. The molecule has 0 aromatic heterocycles. The van der Waals surface area contributed by atoms with Gasteiger partial charge in [-0.15, -0.1) is 0 Å². The Labute approximate surface area is 79.5 Å². The summed E-state index contributed by atoms with van der Waals surface area (Å²) in [5.41, 5.74) is 0. The van der Waals surface area contributed by atoms with Crippen molar-refractivity contribution in [3.63, 3.8) is 0 Å². The molecule has 1 fully saturated rings. The van der Waals surface area contributed by atoms with Gasteiger partial charge in [0.15, 0.2) is 6.29 Å². The van der Waals surface area contributed by atoms with Crippen LogP contribution in [0.3, 0.4) is 0 Å². The van der Waals surface area contributed by atoms with Gasteiger partial charge in [-0.1, -0.05) is 0 Å². The van der Waals surface area contributed by atoms with Crippen molar-refractivity contribution < 1.29 is 14.2 Å². The van der Waals surface area contributed by atoms with Crippen molar-refractivity contribution in [2.45, 2.75) is 25.7 Å². The second-order valence-electron chi connectivity index (χ2n) is 3.27. The van der Waals surface area contributed by atoms with Crippen molar-refractivity contribution >= 4 is 0 Å². The number of nitrogens with one attached hydrogen (secondary N) is 1. The quantitative estimate of drug-likeness (QED) is 0.655. The van der Waals surface area contributed by atoms with Gasteiger partial charge in [-0.05, 0) is 6.92 Å². The third kappa shape index (κ3) is 4.57. The summed E-state index contributed by atoms with van der Waals surface area (Å²) in [5, 5.41) is 3.33. The summed E-state index contributed by atoms with van der Waals surface area (Å²) >= 11 is 0. The molecule has 1 atom stereocenters. The van der Waals surface area contributed by atoms with Gasteiger partial charge in [0.1, 0.15) is 0 Å². The van der Waals surface area contributed by atoms with E-state index in [1.807, 2.05) is 0 Å². The minimum absolute atomic E-state index is 0.00208. The fraction of sp³-hybridized carbons (Fsp3) is 1.00. The van der Waals surface area contributed by atoms with Gasteiger partial charge in [-0.2, -0.15) is 0 Å². The summed E-state index contributed by atoms with van der Waals surface area (Å²) in [6.45, 7) is 5.22.